The topological polar surface area (TPSA) is 17.6 Å². The average Bonchev–Trinajstić information content (AvgIpc) is 3.68. The molecule has 0 saturated carbocycles. The van der Waals surface area contributed by atoms with Crippen LogP contribution < -0.4 is 9.13 Å². The first-order chi connectivity index (χ1) is 25.6. The second-order valence-corrected chi connectivity index (χ2v) is 16.3. The SMILES string of the molecule is Br.Br.CCCCCCCCCCCCCCCCn1cc[n+](Cc2ccc(C[n+]3ccn(CCCCCCCCCCCCCCCC)c3C)cc2)c1C. The van der Waals surface area contributed by atoms with E-state index in [0.29, 0.717) is 0 Å². The highest BCUT2D eigenvalue weighted by Gasteiger charge is 2.14. The highest BCUT2D eigenvalue weighted by molar-refractivity contribution is 8.93. The van der Waals surface area contributed by atoms with Crippen molar-refractivity contribution in [3.05, 3.63) is 71.8 Å². The molecular formula is C48H86Br2N4+2. The van der Waals surface area contributed by atoms with Crippen LogP contribution >= 0.6 is 34.0 Å². The summed E-state index contributed by atoms with van der Waals surface area (Å²) in [7, 11) is 0. The van der Waals surface area contributed by atoms with Gasteiger partial charge in [-0.1, -0.05) is 192 Å². The fourth-order valence-corrected chi connectivity index (χ4v) is 7.99. The minimum absolute atomic E-state index is 0. The Bertz CT molecular complexity index is 1170. The normalized spacial score (nSPS) is 11.2. The summed E-state index contributed by atoms with van der Waals surface area (Å²) < 4.78 is 9.74. The van der Waals surface area contributed by atoms with Crippen molar-refractivity contribution in [3.8, 4) is 0 Å². The van der Waals surface area contributed by atoms with Gasteiger partial charge >= 0.3 is 0 Å². The molecular weight excluding hydrogens is 792 g/mol. The first kappa shape index (κ1) is 50.6. The van der Waals surface area contributed by atoms with Crippen molar-refractivity contribution in [3.63, 3.8) is 0 Å². The van der Waals surface area contributed by atoms with Crippen LogP contribution in [0.3, 0.4) is 0 Å². The van der Waals surface area contributed by atoms with E-state index in [9.17, 15) is 0 Å². The largest absolute Gasteiger partial charge is 0.253 e. The first-order valence-corrected chi connectivity index (χ1v) is 22.8. The van der Waals surface area contributed by atoms with Gasteiger partial charge < -0.3 is 0 Å². The Morgan fingerprint density at radius 1 is 0.370 bits per heavy atom. The van der Waals surface area contributed by atoms with Gasteiger partial charge in [0.05, 0.1) is 13.1 Å². The Kier molecular flexibility index (Phi) is 31.6. The molecule has 3 rings (SSSR count). The quantitative estimate of drug-likeness (QED) is 0.0420. The fourth-order valence-electron chi connectivity index (χ4n) is 7.99. The van der Waals surface area contributed by atoms with Crippen LogP contribution in [-0.2, 0) is 26.2 Å². The summed E-state index contributed by atoms with van der Waals surface area (Å²) in [6.45, 7) is 13.3. The van der Waals surface area contributed by atoms with E-state index in [0.717, 1.165) is 26.2 Å². The molecule has 6 heteroatoms. The van der Waals surface area contributed by atoms with Crippen molar-refractivity contribution in [1.82, 2.24) is 9.13 Å². The number of hydrogen-bond donors (Lipinski definition) is 0. The molecule has 0 bridgehead atoms. The predicted molar refractivity (Wildman–Crippen MR) is 245 cm³/mol. The molecule has 0 amide bonds. The number of unbranched alkanes of at least 4 members (excludes halogenated alkanes) is 26. The molecule has 4 nitrogen and oxygen atoms in total. The van der Waals surface area contributed by atoms with Crippen LogP contribution in [0.1, 0.15) is 216 Å². The fraction of sp³-hybridized carbons (Fsp3) is 0.750. The van der Waals surface area contributed by atoms with E-state index in [1.165, 1.54) is 203 Å². The van der Waals surface area contributed by atoms with Gasteiger partial charge in [-0.3, -0.25) is 0 Å². The van der Waals surface area contributed by atoms with Crippen molar-refractivity contribution < 1.29 is 9.13 Å². The molecule has 3 aromatic rings. The van der Waals surface area contributed by atoms with E-state index in [1.807, 2.05) is 0 Å². The van der Waals surface area contributed by atoms with E-state index < -0.39 is 0 Å². The number of aryl methyl sites for hydroxylation is 2. The Labute approximate surface area is 355 Å². The number of rotatable bonds is 34. The molecule has 0 fully saturated rings. The maximum absolute atomic E-state index is 2.46. The van der Waals surface area contributed by atoms with Gasteiger partial charge in [-0.05, 0) is 36.8 Å². The number of aromatic nitrogens is 4. The summed E-state index contributed by atoms with van der Waals surface area (Å²) in [5, 5.41) is 0. The second kappa shape index (κ2) is 33.7. The molecule has 0 N–H and O–H groups in total. The molecule has 0 radical (unpaired) electrons. The number of imidazole rings is 2. The number of hydrogen-bond acceptors (Lipinski definition) is 0. The van der Waals surface area contributed by atoms with Crippen molar-refractivity contribution in [2.75, 3.05) is 0 Å². The third kappa shape index (κ3) is 22.4. The Balaban J connectivity index is 0.00000729. The molecule has 310 valence electrons. The van der Waals surface area contributed by atoms with Crippen LogP contribution in [0.25, 0.3) is 0 Å². The summed E-state index contributed by atoms with van der Waals surface area (Å²) in [5.41, 5.74) is 2.76. The molecule has 2 heterocycles. The number of halogens is 2. The standard InChI is InChI=1S/C48H84N4.2BrH/c1-5-7-9-11-13-15-17-19-21-23-25-27-29-31-37-49-39-41-51(45(49)3)43-47-33-35-48(36-34-47)44-52-42-40-50(46(52)4)38-32-30-28-26-24-22-20-18-16-14-12-10-8-6-2;;/h33-36,39-42H,5-32,37-38,43-44H2,1-4H3;2*1H/q+2;;. The Morgan fingerprint density at radius 3 is 0.870 bits per heavy atom. The third-order valence-electron chi connectivity index (χ3n) is 11.7. The van der Waals surface area contributed by atoms with Gasteiger partial charge in [-0.2, -0.15) is 0 Å². The van der Waals surface area contributed by atoms with Crippen molar-refractivity contribution in [2.45, 2.75) is 234 Å². The number of nitrogens with zero attached hydrogens (tertiary/aromatic N) is 4. The van der Waals surface area contributed by atoms with Gasteiger partial charge in [-0.25, -0.2) is 18.3 Å². The Hall–Kier alpha value is -1.40. The minimum atomic E-state index is 0. The first-order valence-electron chi connectivity index (χ1n) is 22.8. The molecule has 0 spiro atoms. The number of benzene rings is 1. The zero-order valence-corrected chi connectivity index (χ0v) is 39.3. The van der Waals surface area contributed by atoms with Gasteiger partial charge in [0.25, 0.3) is 11.6 Å². The van der Waals surface area contributed by atoms with Crippen LogP contribution in [0.5, 0.6) is 0 Å². The maximum atomic E-state index is 2.46. The molecule has 0 aliphatic carbocycles. The van der Waals surface area contributed by atoms with Gasteiger partial charge in [-0.15, -0.1) is 34.0 Å². The summed E-state index contributed by atoms with van der Waals surface area (Å²) in [6.07, 6.45) is 48.8. The zero-order chi connectivity index (χ0) is 36.9. The molecule has 0 unspecified atom stereocenters. The predicted octanol–water partition coefficient (Wildman–Crippen LogP) is 14.7. The van der Waals surface area contributed by atoms with Gasteiger partial charge in [0.2, 0.25) is 0 Å². The molecule has 0 saturated heterocycles. The van der Waals surface area contributed by atoms with Crippen molar-refractivity contribution >= 4 is 34.0 Å². The zero-order valence-electron chi connectivity index (χ0n) is 35.9. The van der Waals surface area contributed by atoms with Crippen LogP contribution in [-0.4, -0.2) is 9.13 Å². The van der Waals surface area contributed by atoms with Crippen LogP contribution in [0.4, 0.5) is 0 Å². The minimum Gasteiger partial charge on any atom is -0.234 e. The van der Waals surface area contributed by atoms with Crippen LogP contribution in [0, 0.1) is 13.8 Å². The average molecular weight is 879 g/mol. The molecule has 0 aliphatic heterocycles. The van der Waals surface area contributed by atoms with E-state index in [1.54, 1.807) is 0 Å². The van der Waals surface area contributed by atoms with Crippen LogP contribution in [0.15, 0.2) is 49.1 Å². The molecule has 2 aromatic heterocycles. The summed E-state index contributed by atoms with van der Waals surface area (Å²) in [6, 6.07) is 9.31. The highest BCUT2D eigenvalue weighted by Crippen LogP contribution is 2.15. The summed E-state index contributed by atoms with van der Waals surface area (Å²) >= 11 is 0. The van der Waals surface area contributed by atoms with Crippen LogP contribution in [0.2, 0.25) is 0 Å². The molecule has 0 atom stereocenters. The lowest BCUT2D eigenvalue weighted by molar-refractivity contribution is -0.694. The third-order valence-corrected chi connectivity index (χ3v) is 11.7. The molecule has 0 aliphatic rings. The van der Waals surface area contributed by atoms with Gasteiger partial charge in [0.1, 0.15) is 37.9 Å². The Morgan fingerprint density at radius 2 is 0.611 bits per heavy atom. The second-order valence-electron chi connectivity index (χ2n) is 16.3. The van der Waals surface area contributed by atoms with Crippen molar-refractivity contribution in [1.29, 1.82) is 0 Å². The maximum Gasteiger partial charge on any atom is 0.253 e. The van der Waals surface area contributed by atoms with Gasteiger partial charge in [0, 0.05) is 13.8 Å². The van der Waals surface area contributed by atoms with E-state index in [-0.39, 0.29) is 34.0 Å². The molecule has 1 aromatic carbocycles. The van der Waals surface area contributed by atoms with Gasteiger partial charge in [0.15, 0.2) is 0 Å². The monoisotopic (exact) mass is 877 g/mol. The van der Waals surface area contributed by atoms with Crippen molar-refractivity contribution in [2.24, 2.45) is 0 Å². The molecule has 54 heavy (non-hydrogen) atoms. The lowest BCUT2D eigenvalue weighted by Crippen LogP contribution is -2.36. The van der Waals surface area contributed by atoms with E-state index >= 15 is 0 Å². The summed E-state index contributed by atoms with van der Waals surface area (Å²) in [4.78, 5) is 0. The summed E-state index contributed by atoms with van der Waals surface area (Å²) in [5.74, 6) is 2.73. The lowest BCUT2D eigenvalue weighted by atomic mass is 10.0. The van der Waals surface area contributed by atoms with E-state index in [4.69, 9.17) is 0 Å². The lowest BCUT2D eigenvalue weighted by Gasteiger charge is -2.05. The smallest absolute Gasteiger partial charge is 0.234 e. The highest BCUT2D eigenvalue weighted by atomic mass is 79.9. The van der Waals surface area contributed by atoms with E-state index in [2.05, 4.69) is 95.0 Å².